The molecule has 21 heavy (non-hydrogen) atoms. The van der Waals surface area contributed by atoms with E-state index in [1.165, 1.54) is 84.0 Å². The predicted molar refractivity (Wildman–Crippen MR) is 89.1 cm³/mol. The first-order valence-electron chi connectivity index (χ1n) is 9.15. The van der Waals surface area contributed by atoms with Crippen LogP contribution >= 0.6 is 0 Å². The standard InChI is InChI=1S/C18H38O3/c1-3-4-5-6-7-8-9-10-11-12-13-14-15-16-17-21-18(2,19)20/h19-20H,3-17H2,1-2H3. The normalized spacial score (nSPS) is 12.0. The van der Waals surface area contributed by atoms with Crippen molar-refractivity contribution in [1.82, 2.24) is 0 Å². The first kappa shape index (κ1) is 20.9. The summed E-state index contributed by atoms with van der Waals surface area (Å²) >= 11 is 0. The van der Waals surface area contributed by atoms with Crippen molar-refractivity contribution in [2.45, 2.75) is 110 Å². The fourth-order valence-electron chi connectivity index (χ4n) is 2.56. The molecule has 2 N–H and O–H groups in total. The minimum Gasteiger partial charge on any atom is -0.344 e. The van der Waals surface area contributed by atoms with Gasteiger partial charge in [-0.15, -0.1) is 0 Å². The van der Waals surface area contributed by atoms with E-state index >= 15 is 0 Å². The first-order valence-corrected chi connectivity index (χ1v) is 9.15. The largest absolute Gasteiger partial charge is 0.344 e. The Morgan fingerprint density at radius 2 is 0.952 bits per heavy atom. The van der Waals surface area contributed by atoms with Gasteiger partial charge < -0.3 is 14.9 Å². The van der Waals surface area contributed by atoms with Gasteiger partial charge in [0.05, 0.1) is 6.61 Å². The zero-order valence-corrected chi connectivity index (χ0v) is 14.4. The fourth-order valence-corrected chi connectivity index (χ4v) is 2.56. The maximum absolute atomic E-state index is 8.95. The molecule has 0 rings (SSSR count). The molecule has 0 amide bonds. The smallest absolute Gasteiger partial charge is 0.274 e. The van der Waals surface area contributed by atoms with Gasteiger partial charge in [0.25, 0.3) is 5.97 Å². The summed E-state index contributed by atoms with van der Waals surface area (Å²) in [5, 5.41) is 17.9. The van der Waals surface area contributed by atoms with E-state index in [9.17, 15) is 0 Å². The van der Waals surface area contributed by atoms with Crippen LogP contribution in [0.5, 0.6) is 0 Å². The van der Waals surface area contributed by atoms with Crippen molar-refractivity contribution in [3.8, 4) is 0 Å². The van der Waals surface area contributed by atoms with Crippen molar-refractivity contribution in [3.05, 3.63) is 0 Å². The Morgan fingerprint density at radius 1 is 0.619 bits per heavy atom. The Morgan fingerprint density at radius 3 is 1.29 bits per heavy atom. The number of unbranched alkanes of at least 4 members (excludes halogenated alkanes) is 13. The van der Waals surface area contributed by atoms with Crippen LogP contribution in [0.1, 0.15) is 104 Å². The van der Waals surface area contributed by atoms with Gasteiger partial charge >= 0.3 is 0 Å². The lowest BCUT2D eigenvalue weighted by Gasteiger charge is -2.15. The maximum Gasteiger partial charge on any atom is 0.274 e. The van der Waals surface area contributed by atoms with Gasteiger partial charge in [0.15, 0.2) is 0 Å². The van der Waals surface area contributed by atoms with E-state index in [4.69, 9.17) is 14.9 Å². The highest BCUT2D eigenvalue weighted by atomic mass is 16.8. The van der Waals surface area contributed by atoms with E-state index in [1.54, 1.807) is 0 Å². The molecule has 0 saturated carbocycles. The average molecular weight is 302 g/mol. The molecule has 128 valence electrons. The predicted octanol–water partition coefficient (Wildman–Crippen LogP) is 5.14. The molecule has 0 unspecified atom stereocenters. The molecule has 0 atom stereocenters. The lowest BCUT2D eigenvalue weighted by atomic mass is 10.0. The summed E-state index contributed by atoms with van der Waals surface area (Å²) in [6.07, 6.45) is 18.5. The highest BCUT2D eigenvalue weighted by Gasteiger charge is 2.13. The van der Waals surface area contributed by atoms with E-state index < -0.39 is 5.97 Å². The van der Waals surface area contributed by atoms with Crippen LogP contribution in [0.3, 0.4) is 0 Å². The third kappa shape index (κ3) is 19.9. The molecule has 0 spiro atoms. The first-order chi connectivity index (χ1) is 10.1. The zero-order valence-electron chi connectivity index (χ0n) is 14.4. The van der Waals surface area contributed by atoms with Crippen molar-refractivity contribution >= 4 is 0 Å². The van der Waals surface area contributed by atoms with Gasteiger partial charge in [0.1, 0.15) is 0 Å². The second-order valence-corrected chi connectivity index (χ2v) is 6.38. The lowest BCUT2D eigenvalue weighted by Crippen LogP contribution is -2.27. The van der Waals surface area contributed by atoms with Gasteiger partial charge in [0.2, 0.25) is 0 Å². The van der Waals surface area contributed by atoms with Crippen LogP contribution in [-0.2, 0) is 4.74 Å². The zero-order chi connectivity index (χ0) is 15.8. The summed E-state index contributed by atoms with van der Waals surface area (Å²) in [6.45, 7) is 3.95. The molecule has 0 bridgehead atoms. The number of ether oxygens (including phenoxy) is 1. The molecule has 0 aromatic carbocycles. The second-order valence-electron chi connectivity index (χ2n) is 6.38. The summed E-state index contributed by atoms with van der Waals surface area (Å²) in [5.74, 6) is -1.96. The molecule has 0 aliphatic rings. The van der Waals surface area contributed by atoms with E-state index in [0.29, 0.717) is 6.61 Å². The monoisotopic (exact) mass is 302 g/mol. The summed E-state index contributed by atoms with van der Waals surface area (Å²) < 4.78 is 4.85. The highest BCUT2D eigenvalue weighted by Crippen LogP contribution is 2.13. The van der Waals surface area contributed by atoms with Crippen molar-refractivity contribution < 1.29 is 14.9 Å². The fraction of sp³-hybridized carbons (Fsp3) is 1.00. The topological polar surface area (TPSA) is 49.7 Å². The van der Waals surface area contributed by atoms with Crippen LogP contribution in [0.2, 0.25) is 0 Å². The van der Waals surface area contributed by atoms with Crippen molar-refractivity contribution in [1.29, 1.82) is 0 Å². The van der Waals surface area contributed by atoms with E-state index in [0.717, 1.165) is 12.8 Å². The summed E-state index contributed by atoms with van der Waals surface area (Å²) in [7, 11) is 0. The van der Waals surface area contributed by atoms with Crippen LogP contribution < -0.4 is 0 Å². The second kappa shape index (κ2) is 14.8. The van der Waals surface area contributed by atoms with Crippen LogP contribution in [0.25, 0.3) is 0 Å². The van der Waals surface area contributed by atoms with E-state index in [2.05, 4.69) is 6.92 Å². The Labute approximate surface area is 132 Å². The number of hydrogen-bond donors (Lipinski definition) is 2. The Hall–Kier alpha value is -0.120. The van der Waals surface area contributed by atoms with Crippen molar-refractivity contribution in [2.24, 2.45) is 0 Å². The SMILES string of the molecule is CCCCCCCCCCCCCCCCOC(C)(O)O. The van der Waals surface area contributed by atoms with Gasteiger partial charge in [0, 0.05) is 6.92 Å². The third-order valence-corrected chi connectivity index (χ3v) is 3.87. The van der Waals surface area contributed by atoms with Crippen molar-refractivity contribution in [2.75, 3.05) is 6.61 Å². The van der Waals surface area contributed by atoms with Crippen LogP contribution in [0, 0.1) is 0 Å². The van der Waals surface area contributed by atoms with Crippen LogP contribution in [0.4, 0.5) is 0 Å². The molecule has 0 heterocycles. The minimum absolute atomic E-state index is 0.432. The Balaban J connectivity index is 3.00. The molecule has 0 aromatic rings. The molecule has 0 fully saturated rings. The van der Waals surface area contributed by atoms with E-state index in [1.807, 2.05) is 0 Å². The third-order valence-electron chi connectivity index (χ3n) is 3.87. The van der Waals surface area contributed by atoms with Gasteiger partial charge in [-0.05, 0) is 6.42 Å². The highest BCUT2D eigenvalue weighted by molar-refractivity contribution is 4.49. The molecule has 0 aliphatic heterocycles. The maximum atomic E-state index is 8.95. The molecule has 0 aliphatic carbocycles. The van der Waals surface area contributed by atoms with E-state index in [-0.39, 0.29) is 0 Å². The summed E-state index contributed by atoms with van der Waals surface area (Å²) in [4.78, 5) is 0. The summed E-state index contributed by atoms with van der Waals surface area (Å²) in [5.41, 5.74) is 0. The molecular formula is C18H38O3. The molecule has 0 radical (unpaired) electrons. The molecule has 3 heteroatoms. The minimum atomic E-state index is -1.96. The number of aliphatic hydroxyl groups is 2. The molecule has 0 aromatic heterocycles. The quantitative estimate of drug-likeness (QED) is 0.306. The lowest BCUT2D eigenvalue weighted by molar-refractivity contribution is -0.325. The van der Waals surface area contributed by atoms with Crippen LogP contribution in [0.15, 0.2) is 0 Å². The number of hydrogen-bond acceptors (Lipinski definition) is 3. The molecule has 3 nitrogen and oxygen atoms in total. The van der Waals surface area contributed by atoms with Gasteiger partial charge in [-0.2, -0.15) is 0 Å². The van der Waals surface area contributed by atoms with Crippen molar-refractivity contribution in [3.63, 3.8) is 0 Å². The molecule has 0 saturated heterocycles. The van der Waals surface area contributed by atoms with Gasteiger partial charge in [-0.3, -0.25) is 0 Å². The average Bonchev–Trinajstić information content (AvgIpc) is 2.42. The van der Waals surface area contributed by atoms with Gasteiger partial charge in [-0.25, -0.2) is 0 Å². The van der Waals surface area contributed by atoms with Crippen LogP contribution in [-0.4, -0.2) is 22.8 Å². The van der Waals surface area contributed by atoms with Gasteiger partial charge in [-0.1, -0.05) is 90.4 Å². The summed E-state index contributed by atoms with van der Waals surface area (Å²) in [6, 6.07) is 0. The Bertz CT molecular complexity index is 199. The number of rotatable bonds is 16. The molecular weight excluding hydrogens is 264 g/mol. The Kier molecular flexibility index (Phi) is 14.7.